The van der Waals surface area contributed by atoms with Crippen LogP contribution in [0.5, 0.6) is 5.75 Å². The van der Waals surface area contributed by atoms with Crippen LogP contribution in [0.2, 0.25) is 10.0 Å². The molecular formula is C13H13Cl2NO. The molecule has 0 radical (unpaired) electrons. The second-order valence-electron chi connectivity index (χ2n) is 4.56. The summed E-state index contributed by atoms with van der Waals surface area (Å²) in [6, 6.07) is 3.61. The van der Waals surface area contributed by atoms with E-state index in [1.807, 2.05) is 6.07 Å². The molecule has 1 spiro atoms. The minimum Gasteiger partial charge on any atom is -0.481 e. The SMILES string of the molecule is Clc1cc(Cl)c2c(c1)C=CC1(CCNCC1)O2. The predicted molar refractivity (Wildman–Crippen MR) is 71.0 cm³/mol. The Bertz CT molecular complexity index is 479. The van der Waals surface area contributed by atoms with Crippen molar-refractivity contribution in [3.8, 4) is 5.75 Å². The van der Waals surface area contributed by atoms with E-state index in [4.69, 9.17) is 27.9 Å². The normalized spacial score (nSPS) is 21.1. The molecular weight excluding hydrogens is 257 g/mol. The van der Waals surface area contributed by atoms with Crippen LogP contribution in [0.15, 0.2) is 18.2 Å². The van der Waals surface area contributed by atoms with Gasteiger partial charge in [-0.05, 0) is 31.3 Å². The van der Waals surface area contributed by atoms with Gasteiger partial charge in [0.2, 0.25) is 0 Å². The molecule has 2 aliphatic heterocycles. The van der Waals surface area contributed by atoms with Crippen molar-refractivity contribution in [2.24, 2.45) is 0 Å². The highest BCUT2D eigenvalue weighted by molar-refractivity contribution is 6.36. The van der Waals surface area contributed by atoms with E-state index >= 15 is 0 Å². The average Bonchev–Trinajstić information content (AvgIpc) is 2.32. The van der Waals surface area contributed by atoms with E-state index in [-0.39, 0.29) is 5.60 Å². The highest BCUT2D eigenvalue weighted by atomic mass is 35.5. The molecule has 4 heteroatoms. The first-order chi connectivity index (χ1) is 8.19. The zero-order valence-corrected chi connectivity index (χ0v) is 10.8. The molecule has 3 rings (SSSR count). The number of hydrogen-bond acceptors (Lipinski definition) is 2. The number of nitrogens with one attached hydrogen (secondary N) is 1. The summed E-state index contributed by atoms with van der Waals surface area (Å²) >= 11 is 12.2. The molecule has 0 aliphatic carbocycles. The molecule has 0 unspecified atom stereocenters. The summed E-state index contributed by atoms with van der Waals surface area (Å²) in [6.07, 6.45) is 6.16. The number of hydrogen-bond donors (Lipinski definition) is 1. The summed E-state index contributed by atoms with van der Waals surface area (Å²) < 4.78 is 6.13. The average molecular weight is 270 g/mol. The maximum Gasteiger partial charge on any atom is 0.146 e. The Morgan fingerprint density at radius 3 is 2.71 bits per heavy atom. The van der Waals surface area contributed by atoms with Gasteiger partial charge in [-0.3, -0.25) is 0 Å². The second-order valence-corrected chi connectivity index (χ2v) is 5.40. The van der Waals surface area contributed by atoms with Gasteiger partial charge in [-0.15, -0.1) is 0 Å². The van der Waals surface area contributed by atoms with Crippen LogP contribution >= 0.6 is 23.2 Å². The fraction of sp³-hybridized carbons (Fsp3) is 0.385. The van der Waals surface area contributed by atoms with Crippen molar-refractivity contribution in [3.63, 3.8) is 0 Å². The standard InChI is InChI=1S/C13H13Cl2NO/c14-10-7-9-1-2-13(3-5-16-6-4-13)17-12(9)11(15)8-10/h1-2,7-8,16H,3-6H2. The van der Waals surface area contributed by atoms with Crippen molar-refractivity contribution in [2.75, 3.05) is 13.1 Å². The first-order valence-electron chi connectivity index (χ1n) is 5.77. The van der Waals surface area contributed by atoms with Crippen LogP contribution in [0.4, 0.5) is 0 Å². The monoisotopic (exact) mass is 269 g/mol. The van der Waals surface area contributed by atoms with Gasteiger partial charge in [0, 0.05) is 23.4 Å². The maximum atomic E-state index is 6.19. The summed E-state index contributed by atoms with van der Waals surface area (Å²) in [5.74, 6) is 0.764. The van der Waals surface area contributed by atoms with E-state index in [1.165, 1.54) is 0 Å². The molecule has 1 N–H and O–H groups in total. The fourth-order valence-corrected chi connectivity index (χ4v) is 2.96. The molecule has 1 aromatic carbocycles. The van der Waals surface area contributed by atoms with Crippen LogP contribution < -0.4 is 10.1 Å². The maximum absolute atomic E-state index is 6.19. The third-order valence-corrected chi connectivity index (χ3v) is 3.86. The largest absolute Gasteiger partial charge is 0.481 e. The first-order valence-corrected chi connectivity index (χ1v) is 6.52. The Morgan fingerprint density at radius 1 is 1.18 bits per heavy atom. The fourth-order valence-electron chi connectivity index (χ4n) is 2.41. The molecule has 0 atom stereocenters. The lowest BCUT2D eigenvalue weighted by Gasteiger charge is -2.38. The zero-order valence-electron chi connectivity index (χ0n) is 9.30. The minimum absolute atomic E-state index is 0.185. The van der Waals surface area contributed by atoms with E-state index in [0.29, 0.717) is 10.0 Å². The summed E-state index contributed by atoms with van der Waals surface area (Å²) in [6.45, 7) is 1.95. The number of ether oxygens (including phenoxy) is 1. The van der Waals surface area contributed by atoms with Crippen molar-refractivity contribution in [2.45, 2.75) is 18.4 Å². The summed E-state index contributed by atoms with van der Waals surface area (Å²) in [5, 5.41) is 4.57. The van der Waals surface area contributed by atoms with Crippen LogP contribution in [0, 0.1) is 0 Å². The van der Waals surface area contributed by atoms with Crippen molar-refractivity contribution in [3.05, 3.63) is 33.8 Å². The molecule has 2 heterocycles. The van der Waals surface area contributed by atoms with E-state index in [2.05, 4.69) is 17.5 Å². The number of rotatable bonds is 0. The molecule has 0 saturated carbocycles. The van der Waals surface area contributed by atoms with Gasteiger partial charge in [0.15, 0.2) is 0 Å². The first kappa shape index (κ1) is 11.4. The van der Waals surface area contributed by atoms with E-state index < -0.39 is 0 Å². The Labute approximate surface area is 111 Å². The lowest BCUT2D eigenvalue weighted by molar-refractivity contribution is 0.0824. The molecule has 1 saturated heterocycles. The van der Waals surface area contributed by atoms with Gasteiger partial charge in [0.1, 0.15) is 11.4 Å². The van der Waals surface area contributed by atoms with Crippen molar-refractivity contribution in [1.29, 1.82) is 0 Å². The molecule has 0 aromatic heterocycles. The molecule has 90 valence electrons. The topological polar surface area (TPSA) is 21.3 Å². The highest BCUT2D eigenvalue weighted by Crippen LogP contribution is 2.41. The third-order valence-electron chi connectivity index (χ3n) is 3.36. The summed E-state index contributed by atoms with van der Waals surface area (Å²) in [7, 11) is 0. The summed E-state index contributed by atoms with van der Waals surface area (Å²) in [4.78, 5) is 0. The quantitative estimate of drug-likeness (QED) is 0.778. The van der Waals surface area contributed by atoms with E-state index in [9.17, 15) is 0 Å². The smallest absolute Gasteiger partial charge is 0.146 e. The molecule has 2 aliphatic rings. The predicted octanol–water partition coefficient (Wildman–Crippen LogP) is 3.52. The summed E-state index contributed by atoms with van der Waals surface area (Å²) in [5.41, 5.74) is 0.780. The lowest BCUT2D eigenvalue weighted by atomic mass is 9.89. The Balaban J connectivity index is 2.00. The van der Waals surface area contributed by atoms with Gasteiger partial charge < -0.3 is 10.1 Å². The third kappa shape index (κ3) is 2.05. The molecule has 0 bridgehead atoms. The molecule has 0 amide bonds. The van der Waals surface area contributed by atoms with Crippen LogP contribution in [0.25, 0.3) is 6.08 Å². The van der Waals surface area contributed by atoms with Crippen LogP contribution in [-0.4, -0.2) is 18.7 Å². The van der Waals surface area contributed by atoms with Gasteiger partial charge in [-0.25, -0.2) is 0 Å². The van der Waals surface area contributed by atoms with Crippen LogP contribution in [-0.2, 0) is 0 Å². The zero-order chi connectivity index (χ0) is 11.9. The molecule has 1 aromatic rings. The number of halogens is 2. The van der Waals surface area contributed by atoms with Gasteiger partial charge in [-0.2, -0.15) is 0 Å². The number of benzene rings is 1. The molecule has 17 heavy (non-hydrogen) atoms. The minimum atomic E-state index is -0.185. The van der Waals surface area contributed by atoms with Crippen molar-refractivity contribution in [1.82, 2.24) is 5.32 Å². The van der Waals surface area contributed by atoms with E-state index in [0.717, 1.165) is 37.2 Å². The Morgan fingerprint density at radius 2 is 1.94 bits per heavy atom. The molecule has 2 nitrogen and oxygen atoms in total. The highest BCUT2D eigenvalue weighted by Gasteiger charge is 2.35. The van der Waals surface area contributed by atoms with Crippen LogP contribution in [0.1, 0.15) is 18.4 Å². The van der Waals surface area contributed by atoms with E-state index in [1.54, 1.807) is 6.07 Å². The van der Waals surface area contributed by atoms with Gasteiger partial charge in [0.05, 0.1) is 5.02 Å². The second kappa shape index (κ2) is 4.20. The number of fused-ring (bicyclic) bond motifs is 1. The van der Waals surface area contributed by atoms with Gasteiger partial charge >= 0.3 is 0 Å². The van der Waals surface area contributed by atoms with Crippen molar-refractivity contribution >= 4 is 29.3 Å². The Hall–Kier alpha value is -0.700. The van der Waals surface area contributed by atoms with Gasteiger partial charge in [0.25, 0.3) is 0 Å². The van der Waals surface area contributed by atoms with Crippen LogP contribution in [0.3, 0.4) is 0 Å². The number of piperidine rings is 1. The van der Waals surface area contributed by atoms with Crippen molar-refractivity contribution < 1.29 is 4.74 Å². The molecule has 1 fully saturated rings. The Kier molecular flexibility index (Phi) is 2.81. The van der Waals surface area contributed by atoms with Gasteiger partial charge in [-0.1, -0.05) is 29.3 Å². The lowest BCUT2D eigenvalue weighted by Crippen LogP contribution is -2.45.